The highest BCUT2D eigenvalue weighted by atomic mass is 32.2. The van der Waals surface area contributed by atoms with Crippen LogP contribution in [0.25, 0.3) is 10.8 Å². The fraction of sp³-hybridized carbons (Fsp3) is 0.125. The van der Waals surface area contributed by atoms with E-state index in [1.165, 1.54) is 18.2 Å². The summed E-state index contributed by atoms with van der Waals surface area (Å²) >= 11 is 0. The molecule has 0 aliphatic rings. The Kier molecular flexibility index (Phi) is 4.22. The monoisotopic (exact) mass is 345 g/mol. The third-order valence-electron chi connectivity index (χ3n) is 3.59. The smallest absolute Gasteiger partial charge is 0.272 e. The summed E-state index contributed by atoms with van der Waals surface area (Å²) in [4.78, 5) is 23.7. The van der Waals surface area contributed by atoms with Crippen LogP contribution in [0, 0.1) is 0 Å². The highest BCUT2D eigenvalue weighted by Crippen LogP contribution is 2.18. The SMILES string of the molecule is O=c1[nH][nH]c(=O)c2c(NS(=O)(=O)CCc3ccccc3)cccc12. The summed E-state index contributed by atoms with van der Waals surface area (Å²) in [5.41, 5.74) is -0.0658. The summed E-state index contributed by atoms with van der Waals surface area (Å²) in [5, 5.41) is 4.55. The summed E-state index contributed by atoms with van der Waals surface area (Å²) in [7, 11) is -3.67. The molecule has 0 fully saturated rings. The van der Waals surface area contributed by atoms with Crippen LogP contribution in [0.1, 0.15) is 5.56 Å². The lowest BCUT2D eigenvalue weighted by Gasteiger charge is -2.10. The molecule has 0 spiro atoms. The number of aryl methyl sites for hydroxylation is 1. The van der Waals surface area contributed by atoms with Gasteiger partial charge < -0.3 is 0 Å². The average molecular weight is 345 g/mol. The third-order valence-corrected chi connectivity index (χ3v) is 4.87. The fourth-order valence-corrected chi connectivity index (χ4v) is 3.54. The van der Waals surface area contributed by atoms with Crippen molar-refractivity contribution in [1.29, 1.82) is 0 Å². The quantitative estimate of drug-likeness (QED) is 0.645. The molecule has 124 valence electrons. The molecule has 3 rings (SSSR count). The van der Waals surface area contributed by atoms with Crippen LogP contribution in [0.4, 0.5) is 5.69 Å². The second-order valence-corrected chi connectivity index (χ2v) is 7.13. The molecule has 0 atom stereocenters. The molecule has 1 heterocycles. The topological polar surface area (TPSA) is 112 Å². The minimum Gasteiger partial charge on any atom is -0.283 e. The van der Waals surface area contributed by atoms with Gasteiger partial charge in [-0.25, -0.2) is 8.42 Å². The van der Waals surface area contributed by atoms with Crippen LogP contribution in [0.5, 0.6) is 0 Å². The predicted molar refractivity (Wildman–Crippen MR) is 92.7 cm³/mol. The maximum atomic E-state index is 12.3. The third kappa shape index (κ3) is 3.38. The standard InChI is InChI=1S/C16H15N3O4S/c20-15-12-7-4-8-13(14(12)16(21)18-17-15)19-24(22,23)10-9-11-5-2-1-3-6-11/h1-8,19H,9-10H2,(H,17,20)(H,18,21). The number of hydrogen-bond acceptors (Lipinski definition) is 4. The Morgan fingerprint density at radius 3 is 2.33 bits per heavy atom. The predicted octanol–water partition coefficient (Wildman–Crippen LogP) is 1.20. The highest BCUT2D eigenvalue weighted by Gasteiger charge is 2.15. The molecule has 1 aromatic heterocycles. The number of fused-ring (bicyclic) bond motifs is 1. The van der Waals surface area contributed by atoms with Crippen LogP contribution >= 0.6 is 0 Å². The van der Waals surface area contributed by atoms with Gasteiger partial charge in [0.2, 0.25) is 10.0 Å². The van der Waals surface area contributed by atoms with Crippen molar-refractivity contribution in [2.24, 2.45) is 0 Å². The van der Waals surface area contributed by atoms with Gasteiger partial charge in [0.1, 0.15) is 0 Å². The first-order valence-electron chi connectivity index (χ1n) is 7.24. The van der Waals surface area contributed by atoms with E-state index in [-0.39, 0.29) is 22.2 Å². The minimum atomic E-state index is -3.67. The van der Waals surface area contributed by atoms with Crippen molar-refractivity contribution in [2.75, 3.05) is 10.5 Å². The van der Waals surface area contributed by atoms with Crippen LogP contribution < -0.4 is 15.8 Å². The van der Waals surface area contributed by atoms with Crippen LogP contribution in [0.15, 0.2) is 58.1 Å². The summed E-state index contributed by atoms with van der Waals surface area (Å²) in [6.45, 7) is 0. The van der Waals surface area contributed by atoms with Crippen molar-refractivity contribution in [2.45, 2.75) is 6.42 Å². The minimum absolute atomic E-state index is 0.0181. The van der Waals surface area contributed by atoms with Crippen molar-refractivity contribution in [1.82, 2.24) is 10.2 Å². The Hall–Kier alpha value is -2.87. The van der Waals surface area contributed by atoms with Crippen molar-refractivity contribution >= 4 is 26.5 Å². The Morgan fingerprint density at radius 1 is 0.875 bits per heavy atom. The van der Waals surface area contributed by atoms with Crippen LogP contribution in [-0.4, -0.2) is 24.4 Å². The summed E-state index contributed by atoms with van der Waals surface area (Å²) < 4.78 is 27.0. The Bertz CT molecular complexity index is 1090. The van der Waals surface area contributed by atoms with Gasteiger partial charge in [0.05, 0.1) is 22.2 Å². The van der Waals surface area contributed by atoms with E-state index in [4.69, 9.17) is 0 Å². The molecule has 3 N–H and O–H groups in total. The van der Waals surface area contributed by atoms with Gasteiger partial charge in [0.15, 0.2) is 0 Å². The van der Waals surface area contributed by atoms with Crippen molar-refractivity contribution < 1.29 is 8.42 Å². The van der Waals surface area contributed by atoms with Gasteiger partial charge in [-0.05, 0) is 24.1 Å². The zero-order chi connectivity index (χ0) is 17.2. The van der Waals surface area contributed by atoms with E-state index in [1.807, 2.05) is 30.3 Å². The number of aromatic amines is 2. The Labute approximate surface area is 137 Å². The molecule has 24 heavy (non-hydrogen) atoms. The second kappa shape index (κ2) is 6.32. The molecule has 2 aromatic carbocycles. The molecular weight excluding hydrogens is 330 g/mol. The number of sulfonamides is 1. The van der Waals surface area contributed by atoms with E-state index in [1.54, 1.807) is 0 Å². The first kappa shape index (κ1) is 16.0. The number of rotatable bonds is 5. The lowest BCUT2D eigenvalue weighted by Crippen LogP contribution is -2.23. The lowest BCUT2D eigenvalue weighted by molar-refractivity contribution is 0.600. The van der Waals surface area contributed by atoms with E-state index < -0.39 is 21.1 Å². The largest absolute Gasteiger partial charge is 0.283 e. The van der Waals surface area contributed by atoms with Crippen LogP contribution in [0.3, 0.4) is 0 Å². The van der Waals surface area contributed by atoms with Gasteiger partial charge in [-0.15, -0.1) is 0 Å². The number of anilines is 1. The van der Waals surface area contributed by atoms with Crippen LogP contribution in [0.2, 0.25) is 0 Å². The normalized spacial score (nSPS) is 11.5. The number of nitrogens with one attached hydrogen (secondary N) is 3. The molecule has 3 aromatic rings. The lowest BCUT2D eigenvalue weighted by atomic mass is 10.1. The van der Waals surface area contributed by atoms with E-state index in [9.17, 15) is 18.0 Å². The summed E-state index contributed by atoms with van der Waals surface area (Å²) in [6.07, 6.45) is 0.345. The first-order chi connectivity index (χ1) is 11.5. The van der Waals surface area contributed by atoms with Gasteiger partial charge in [-0.1, -0.05) is 36.4 Å². The maximum Gasteiger partial charge on any atom is 0.272 e. The highest BCUT2D eigenvalue weighted by molar-refractivity contribution is 7.92. The zero-order valence-corrected chi connectivity index (χ0v) is 13.4. The van der Waals surface area contributed by atoms with Crippen molar-refractivity contribution in [3.05, 3.63) is 74.8 Å². The molecule has 0 unspecified atom stereocenters. The van der Waals surface area contributed by atoms with Gasteiger partial charge in [-0.3, -0.25) is 24.5 Å². The zero-order valence-electron chi connectivity index (χ0n) is 12.6. The van der Waals surface area contributed by atoms with E-state index in [0.717, 1.165) is 5.56 Å². The van der Waals surface area contributed by atoms with E-state index in [2.05, 4.69) is 14.9 Å². The second-order valence-electron chi connectivity index (χ2n) is 5.29. The Morgan fingerprint density at radius 2 is 1.58 bits per heavy atom. The molecule has 0 aliphatic heterocycles. The van der Waals surface area contributed by atoms with Crippen LogP contribution in [-0.2, 0) is 16.4 Å². The Balaban J connectivity index is 1.90. The molecule has 0 aliphatic carbocycles. The molecule has 8 heteroatoms. The van der Waals surface area contributed by atoms with Gasteiger partial charge >= 0.3 is 0 Å². The maximum absolute atomic E-state index is 12.3. The number of aromatic nitrogens is 2. The van der Waals surface area contributed by atoms with Crippen molar-refractivity contribution in [3.8, 4) is 0 Å². The van der Waals surface area contributed by atoms with Gasteiger partial charge in [0, 0.05) is 0 Å². The molecule has 7 nitrogen and oxygen atoms in total. The summed E-state index contributed by atoms with van der Waals surface area (Å²) in [5.74, 6) is -0.130. The molecule has 0 amide bonds. The number of benzene rings is 2. The number of H-pyrrole nitrogens is 2. The molecular formula is C16H15N3O4S. The number of hydrogen-bond donors (Lipinski definition) is 3. The van der Waals surface area contributed by atoms with E-state index in [0.29, 0.717) is 6.42 Å². The first-order valence-corrected chi connectivity index (χ1v) is 8.89. The molecule has 0 saturated heterocycles. The van der Waals surface area contributed by atoms with Crippen molar-refractivity contribution in [3.63, 3.8) is 0 Å². The molecule has 0 bridgehead atoms. The van der Waals surface area contributed by atoms with E-state index >= 15 is 0 Å². The molecule has 0 saturated carbocycles. The molecule has 0 radical (unpaired) electrons. The van der Waals surface area contributed by atoms with Gasteiger partial charge in [-0.2, -0.15) is 0 Å². The van der Waals surface area contributed by atoms with Gasteiger partial charge in [0.25, 0.3) is 11.1 Å². The summed E-state index contributed by atoms with van der Waals surface area (Å²) in [6, 6.07) is 13.7. The average Bonchev–Trinajstić information content (AvgIpc) is 2.57. The fourth-order valence-electron chi connectivity index (χ4n) is 2.43.